The summed E-state index contributed by atoms with van der Waals surface area (Å²) in [5.41, 5.74) is 1.14. The summed E-state index contributed by atoms with van der Waals surface area (Å²) >= 11 is 0. The van der Waals surface area contributed by atoms with Gasteiger partial charge in [-0.25, -0.2) is 9.59 Å². The van der Waals surface area contributed by atoms with E-state index in [0.717, 1.165) is 17.8 Å². The molecule has 6 rings (SSSR count). The van der Waals surface area contributed by atoms with Crippen molar-refractivity contribution in [2.45, 2.75) is 57.0 Å². The van der Waals surface area contributed by atoms with Crippen molar-refractivity contribution in [2.75, 3.05) is 13.2 Å². The van der Waals surface area contributed by atoms with Crippen LogP contribution in [0.5, 0.6) is 0 Å². The molecule has 7 heteroatoms. The summed E-state index contributed by atoms with van der Waals surface area (Å²) in [5, 5.41) is 9.43. The molecule has 0 unspecified atom stereocenters. The molecule has 0 spiro atoms. The third kappa shape index (κ3) is 3.45. The summed E-state index contributed by atoms with van der Waals surface area (Å²) in [6.07, 6.45) is 9.27. The van der Waals surface area contributed by atoms with Gasteiger partial charge in [-0.05, 0) is 75.3 Å². The number of hydrogen-bond donors (Lipinski definition) is 3. The van der Waals surface area contributed by atoms with Crippen LogP contribution in [0, 0.1) is 17.8 Å². The zero-order valence-electron chi connectivity index (χ0n) is 16.8. The maximum Gasteiger partial charge on any atom is 0.338 e. The Hall–Kier alpha value is -2.28. The van der Waals surface area contributed by atoms with Crippen molar-refractivity contribution in [2.24, 2.45) is 17.8 Å². The maximum absolute atomic E-state index is 12.8. The monoisotopic (exact) mass is 399 g/mol. The van der Waals surface area contributed by atoms with Crippen LogP contribution in [-0.4, -0.2) is 30.7 Å². The van der Waals surface area contributed by atoms with Gasteiger partial charge in [0, 0.05) is 17.8 Å². The molecule has 4 fully saturated rings. The van der Waals surface area contributed by atoms with Crippen LogP contribution in [0.15, 0.2) is 34.1 Å². The van der Waals surface area contributed by atoms with Crippen LogP contribution in [0.4, 0.5) is 4.79 Å². The van der Waals surface area contributed by atoms with Crippen molar-refractivity contribution in [3.8, 4) is 0 Å². The van der Waals surface area contributed by atoms with Crippen LogP contribution < -0.4 is 16.0 Å². The van der Waals surface area contributed by atoms with Crippen LogP contribution >= 0.6 is 0 Å². The maximum atomic E-state index is 12.8. The Kier molecular flexibility index (Phi) is 4.65. The van der Waals surface area contributed by atoms with Crippen molar-refractivity contribution >= 4 is 12.0 Å². The minimum absolute atomic E-state index is 0.136. The Labute approximate surface area is 170 Å². The third-order valence-corrected chi connectivity index (χ3v) is 7.16. The molecule has 0 aromatic carbocycles. The number of rotatable bonds is 6. The molecule has 4 aliphatic carbocycles. The Morgan fingerprint density at radius 1 is 1.24 bits per heavy atom. The fourth-order valence-electron chi connectivity index (χ4n) is 6.48. The van der Waals surface area contributed by atoms with Gasteiger partial charge in [0.15, 0.2) is 0 Å². The summed E-state index contributed by atoms with van der Waals surface area (Å²) in [6.45, 7) is 2.50. The summed E-state index contributed by atoms with van der Waals surface area (Å²) in [6, 6.07) is 2.53. The third-order valence-electron chi connectivity index (χ3n) is 7.16. The molecule has 1 atom stereocenters. The van der Waals surface area contributed by atoms with Crippen molar-refractivity contribution in [1.82, 2.24) is 16.0 Å². The van der Waals surface area contributed by atoms with Crippen LogP contribution in [0.25, 0.3) is 0 Å². The van der Waals surface area contributed by atoms with E-state index in [-0.39, 0.29) is 18.2 Å². The number of carbonyl (C=O) groups excluding carboxylic acids is 2. The molecule has 5 aliphatic rings. The fraction of sp³-hybridized carbons (Fsp3) is 0.636. The van der Waals surface area contributed by atoms with Gasteiger partial charge in [-0.2, -0.15) is 0 Å². The highest BCUT2D eigenvalue weighted by atomic mass is 16.5. The second-order valence-electron chi connectivity index (χ2n) is 9.21. The molecule has 2 heterocycles. The summed E-state index contributed by atoms with van der Waals surface area (Å²) in [7, 11) is 0. The van der Waals surface area contributed by atoms with E-state index in [9.17, 15) is 9.59 Å². The number of ether oxygens (including phenoxy) is 1. The first kappa shape index (κ1) is 18.7. The highest BCUT2D eigenvalue weighted by Crippen LogP contribution is 2.55. The topological polar surface area (TPSA) is 92.6 Å². The normalized spacial score (nSPS) is 35.4. The number of urea groups is 1. The zero-order chi connectivity index (χ0) is 20.0. The van der Waals surface area contributed by atoms with Gasteiger partial charge in [0.2, 0.25) is 0 Å². The highest BCUT2D eigenvalue weighted by molar-refractivity contribution is 5.95. The molecule has 4 saturated carbocycles. The van der Waals surface area contributed by atoms with Gasteiger partial charge in [-0.3, -0.25) is 0 Å². The number of carbonyl (C=O) groups is 2. The molecular formula is C22H29N3O4. The van der Waals surface area contributed by atoms with Gasteiger partial charge >= 0.3 is 12.0 Å². The van der Waals surface area contributed by atoms with E-state index in [2.05, 4.69) is 16.0 Å². The fourth-order valence-corrected chi connectivity index (χ4v) is 6.48. The first-order valence-electron chi connectivity index (χ1n) is 10.8. The van der Waals surface area contributed by atoms with E-state index in [1.165, 1.54) is 38.5 Å². The van der Waals surface area contributed by atoms with Crippen molar-refractivity contribution in [1.29, 1.82) is 0 Å². The van der Waals surface area contributed by atoms with E-state index in [4.69, 9.17) is 9.15 Å². The standard InChI is InChI=1S/C22H29N3O4/c1-2-28-20(26)18-16(24-21(27)25-19(18)17-4-3-5-29-17)12-23-22-9-13-6-14(10-22)8-15(7-13)11-22/h3-5,13-15,19,23H,2,6-12H2,1H3,(H2,24,25,27)/t13?,14?,15?,19-,22?/m0/s1. The van der Waals surface area contributed by atoms with Crippen LogP contribution in [0.2, 0.25) is 0 Å². The van der Waals surface area contributed by atoms with Gasteiger partial charge in [0.1, 0.15) is 11.8 Å². The van der Waals surface area contributed by atoms with Gasteiger partial charge < -0.3 is 25.1 Å². The van der Waals surface area contributed by atoms with Gasteiger partial charge in [0.25, 0.3) is 0 Å². The quantitative estimate of drug-likeness (QED) is 0.640. The predicted octanol–water partition coefficient (Wildman–Crippen LogP) is 3.01. The SMILES string of the molecule is CCOC(=O)C1=C(CNC23CC4CC(CC(C4)C2)C3)NC(=O)N[C@H]1c1ccco1. The van der Waals surface area contributed by atoms with Crippen LogP contribution in [-0.2, 0) is 9.53 Å². The minimum Gasteiger partial charge on any atom is -0.467 e. The number of nitrogens with one attached hydrogen (secondary N) is 3. The van der Waals surface area contributed by atoms with E-state index >= 15 is 0 Å². The lowest BCUT2D eigenvalue weighted by Crippen LogP contribution is -2.59. The summed E-state index contributed by atoms with van der Waals surface area (Å²) in [5.74, 6) is 2.57. The number of furan rings is 1. The summed E-state index contributed by atoms with van der Waals surface area (Å²) < 4.78 is 10.8. The number of amides is 2. The lowest BCUT2D eigenvalue weighted by Gasteiger charge is -2.57. The Bertz CT molecular complexity index is 794. The molecule has 1 aromatic rings. The Morgan fingerprint density at radius 2 is 1.93 bits per heavy atom. The first-order valence-corrected chi connectivity index (χ1v) is 10.8. The molecule has 29 heavy (non-hydrogen) atoms. The van der Waals surface area contributed by atoms with E-state index in [0.29, 0.717) is 23.6 Å². The molecule has 156 valence electrons. The Balaban J connectivity index is 1.42. The van der Waals surface area contributed by atoms with Crippen molar-refractivity contribution in [3.63, 3.8) is 0 Å². The predicted molar refractivity (Wildman–Crippen MR) is 106 cm³/mol. The largest absolute Gasteiger partial charge is 0.467 e. The van der Waals surface area contributed by atoms with Crippen LogP contribution in [0.1, 0.15) is 57.3 Å². The summed E-state index contributed by atoms with van der Waals surface area (Å²) in [4.78, 5) is 25.2. The molecule has 4 bridgehead atoms. The molecule has 1 aliphatic heterocycles. The van der Waals surface area contributed by atoms with E-state index in [1.807, 2.05) is 0 Å². The lowest BCUT2D eigenvalue weighted by atomic mass is 9.53. The molecule has 7 nitrogen and oxygen atoms in total. The zero-order valence-corrected chi connectivity index (χ0v) is 16.8. The van der Waals surface area contributed by atoms with Gasteiger partial charge in [0.05, 0.1) is 18.4 Å². The molecule has 0 saturated heterocycles. The van der Waals surface area contributed by atoms with Gasteiger partial charge in [-0.1, -0.05) is 0 Å². The molecule has 0 radical (unpaired) electrons. The van der Waals surface area contributed by atoms with Crippen LogP contribution in [0.3, 0.4) is 0 Å². The molecular weight excluding hydrogens is 370 g/mol. The second kappa shape index (κ2) is 7.20. The average Bonchev–Trinajstić information content (AvgIpc) is 3.20. The minimum atomic E-state index is -0.647. The highest BCUT2D eigenvalue weighted by Gasteiger charge is 2.50. The van der Waals surface area contributed by atoms with Gasteiger partial charge in [-0.15, -0.1) is 0 Å². The number of esters is 1. The van der Waals surface area contributed by atoms with E-state index < -0.39 is 12.0 Å². The average molecular weight is 399 g/mol. The molecule has 1 aromatic heterocycles. The van der Waals surface area contributed by atoms with Crippen molar-refractivity contribution in [3.05, 3.63) is 35.4 Å². The molecule has 3 N–H and O–H groups in total. The number of hydrogen-bond acceptors (Lipinski definition) is 5. The van der Waals surface area contributed by atoms with E-state index in [1.54, 1.807) is 25.3 Å². The smallest absolute Gasteiger partial charge is 0.338 e. The first-order chi connectivity index (χ1) is 14.0. The Morgan fingerprint density at radius 3 is 2.52 bits per heavy atom. The van der Waals surface area contributed by atoms with Crippen molar-refractivity contribution < 1.29 is 18.7 Å². The lowest BCUT2D eigenvalue weighted by molar-refractivity contribution is -0.139. The second-order valence-corrected chi connectivity index (χ2v) is 9.21. The molecule has 2 amide bonds.